The van der Waals surface area contributed by atoms with Crippen LogP contribution in [0.4, 0.5) is 0 Å². The van der Waals surface area contributed by atoms with Crippen molar-refractivity contribution in [3.8, 4) is 11.5 Å². The van der Waals surface area contributed by atoms with E-state index in [4.69, 9.17) is 4.74 Å². The summed E-state index contributed by atoms with van der Waals surface area (Å²) in [5, 5.41) is 22.5. The maximum absolute atomic E-state index is 11.9. The largest absolute Gasteiger partial charge is 0.508 e. The van der Waals surface area contributed by atoms with E-state index >= 15 is 0 Å². The highest BCUT2D eigenvalue weighted by molar-refractivity contribution is 5.60. The normalized spacial score (nSPS) is 42.2. The van der Waals surface area contributed by atoms with Gasteiger partial charge in [-0.2, -0.15) is 0 Å². The average Bonchev–Trinajstić information content (AvgIpc) is 3.58. The lowest BCUT2D eigenvalue weighted by atomic mass is 9.33. The topological polar surface area (TPSA) is 52.9 Å². The summed E-state index contributed by atoms with van der Waals surface area (Å²) in [6, 6.07) is 14.7. The van der Waals surface area contributed by atoms with Crippen LogP contribution in [0.5, 0.6) is 11.5 Å². The highest BCUT2D eigenvalue weighted by Gasteiger charge is 2.78. The SMILES string of the molecule is C[C@]1([C@H](O)c2ccccc2)C[C@@]23CC[C@@H]1[C@@H]1Oc4cc(O)cc5c4[C@@]12CCN(CC1CC1)C3C5. The number of fused-ring (bicyclic) bond motifs is 2. The van der Waals surface area contributed by atoms with Gasteiger partial charge in [0.2, 0.25) is 0 Å². The molecule has 34 heavy (non-hydrogen) atoms. The summed E-state index contributed by atoms with van der Waals surface area (Å²) in [7, 11) is 0. The Morgan fingerprint density at radius 1 is 1.12 bits per heavy atom. The van der Waals surface area contributed by atoms with Crippen molar-refractivity contribution in [1.82, 2.24) is 4.90 Å². The van der Waals surface area contributed by atoms with Gasteiger partial charge in [0.1, 0.15) is 17.6 Å². The third-order valence-electron chi connectivity index (χ3n) is 11.3. The number of phenols is 1. The molecule has 2 N–H and O–H groups in total. The highest BCUT2D eigenvalue weighted by Crippen LogP contribution is 2.78. The van der Waals surface area contributed by atoms with Crippen LogP contribution in [0.2, 0.25) is 0 Å². The van der Waals surface area contributed by atoms with E-state index < -0.39 is 6.10 Å². The Balaban J connectivity index is 1.32. The molecule has 4 nitrogen and oxygen atoms in total. The maximum Gasteiger partial charge on any atom is 0.127 e. The molecule has 0 aromatic heterocycles. The number of nitrogens with zero attached hydrogens (tertiary/aromatic N) is 1. The van der Waals surface area contributed by atoms with Crippen molar-refractivity contribution in [2.45, 2.75) is 75.5 Å². The molecule has 4 heteroatoms. The molecule has 2 aromatic rings. The number of aromatic hydroxyl groups is 1. The van der Waals surface area contributed by atoms with Crippen LogP contribution in [-0.4, -0.2) is 40.3 Å². The minimum absolute atomic E-state index is 0.0349. The molecule has 0 radical (unpaired) electrons. The van der Waals surface area contributed by atoms with Crippen LogP contribution in [0.3, 0.4) is 0 Å². The third kappa shape index (κ3) is 2.24. The molecule has 2 spiro atoms. The third-order valence-corrected chi connectivity index (χ3v) is 11.3. The molecule has 0 amide bonds. The minimum atomic E-state index is -0.493. The first-order chi connectivity index (χ1) is 16.5. The second-order valence-electron chi connectivity index (χ2n) is 12.7. The van der Waals surface area contributed by atoms with Crippen LogP contribution in [0.1, 0.15) is 68.2 Å². The summed E-state index contributed by atoms with van der Waals surface area (Å²) >= 11 is 0. The van der Waals surface area contributed by atoms with Crippen molar-refractivity contribution < 1.29 is 14.9 Å². The molecule has 9 rings (SSSR count). The fourth-order valence-electron chi connectivity index (χ4n) is 9.90. The molecule has 7 aliphatic rings. The number of hydrogen-bond donors (Lipinski definition) is 2. The smallest absolute Gasteiger partial charge is 0.127 e. The van der Waals surface area contributed by atoms with Gasteiger partial charge in [0, 0.05) is 46.4 Å². The molecule has 2 aromatic carbocycles. The Morgan fingerprint density at radius 3 is 2.74 bits per heavy atom. The molecular formula is C30H35NO3. The fourth-order valence-corrected chi connectivity index (χ4v) is 9.90. The van der Waals surface area contributed by atoms with Gasteiger partial charge in [-0.15, -0.1) is 0 Å². The van der Waals surface area contributed by atoms with Gasteiger partial charge in [-0.1, -0.05) is 37.3 Å². The van der Waals surface area contributed by atoms with Gasteiger partial charge < -0.3 is 14.9 Å². The van der Waals surface area contributed by atoms with E-state index in [2.05, 4.69) is 24.0 Å². The fraction of sp³-hybridized carbons (Fsp3) is 0.600. The Labute approximate surface area is 201 Å². The molecule has 2 aliphatic heterocycles. The number of phenolic OH excluding ortho intramolecular Hbond substituents is 1. The van der Waals surface area contributed by atoms with Gasteiger partial charge in [0.15, 0.2) is 0 Å². The first-order valence-electron chi connectivity index (χ1n) is 13.5. The number of aliphatic hydroxyl groups excluding tert-OH is 1. The van der Waals surface area contributed by atoms with Gasteiger partial charge in [0.05, 0.1) is 6.10 Å². The number of rotatable bonds is 4. The minimum Gasteiger partial charge on any atom is -0.508 e. The molecule has 5 fully saturated rings. The molecule has 4 saturated carbocycles. The molecule has 1 unspecified atom stereocenters. The average molecular weight is 458 g/mol. The Morgan fingerprint density at radius 2 is 1.94 bits per heavy atom. The Kier molecular flexibility index (Phi) is 3.79. The van der Waals surface area contributed by atoms with Gasteiger partial charge in [-0.3, -0.25) is 4.90 Å². The highest BCUT2D eigenvalue weighted by atomic mass is 16.5. The lowest BCUT2D eigenvalue weighted by Gasteiger charge is -2.74. The van der Waals surface area contributed by atoms with Crippen molar-refractivity contribution in [3.63, 3.8) is 0 Å². The van der Waals surface area contributed by atoms with E-state index in [1.165, 1.54) is 36.9 Å². The molecule has 1 saturated heterocycles. The number of hydrogen-bond acceptors (Lipinski definition) is 4. The summed E-state index contributed by atoms with van der Waals surface area (Å²) < 4.78 is 6.91. The van der Waals surface area contributed by atoms with Gasteiger partial charge in [-0.05, 0) is 74.6 Å². The standard InChI is InChI=1S/C30H35NO3/c1-28(26(33)19-5-3-2-4-6-19)17-29-10-9-22(28)27-30(29)11-12-31(16-18-7-8-18)24(29)14-20-13-21(32)15-23(34-27)25(20)30/h2-6,13,15,18,22,24,26-27,32-33H,7-12,14,16-17H2,1H3/t22-,24?,26-,27+,28+,29-,30+/m1/s1. The predicted octanol–water partition coefficient (Wildman–Crippen LogP) is 4.97. The van der Waals surface area contributed by atoms with Gasteiger partial charge >= 0.3 is 0 Å². The van der Waals surface area contributed by atoms with Gasteiger partial charge in [-0.25, -0.2) is 0 Å². The zero-order valence-electron chi connectivity index (χ0n) is 20.0. The number of benzene rings is 2. The lowest BCUT2D eigenvalue weighted by molar-refractivity contribution is -0.246. The maximum atomic E-state index is 11.9. The van der Waals surface area contributed by atoms with Crippen molar-refractivity contribution in [2.24, 2.45) is 22.7 Å². The van der Waals surface area contributed by atoms with Crippen molar-refractivity contribution in [2.75, 3.05) is 13.1 Å². The summed E-state index contributed by atoms with van der Waals surface area (Å²) in [6.07, 6.45) is 7.93. The summed E-state index contributed by atoms with van der Waals surface area (Å²) in [5.74, 6) is 2.44. The Hall–Kier alpha value is -2.04. The predicted molar refractivity (Wildman–Crippen MR) is 130 cm³/mol. The van der Waals surface area contributed by atoms with Crippen LogP contribution in [0.15, 0.2) is 42.5 Å². The van der Waals surface area contributed by atoms with Gasteiger partial charge in [0.25, 0.3) is 0 Å². The van der Waals surface area contributed by atoms with Crippen LogP contribution in [0, 0.1) is 22.7 Å². The monoisotopic (exact) mass is 457 g/mol. The molecule has 2 heterocycles. The van der Waals surface area contributed by atoms with Crippen LogP contribution >= 0.6 is 0 Å². The first-order valence-corrected chi connectivity index (χ1v) is 13.5. The van der Waals surface area contributed by atoms with Crippen LogP contribution in [-0.2, 0) is 11.8 Å². The molecule has 7 atom stereocenters. The molecule has 178 valence electrons. The number of aliphatic hydroxyl groups is 1. The molecular weight excluding hydrogens is 422 g/mol. The molecule has 4 bridgehead atoms. The second kappa shape index (κ2) is 6.39. The summed E-state index contributed by atoms with van der Waals surface area (Å²) in [6.45, 7) is 4.73. The van der Waals surface area contributed by atoms with E-state index in [0.29, 0.717) is 17.7 Å². The van der Waals surface area contributed by atoms with E-state index in [9.17, 15) is 10.2 Å². The van der Waals surface area contributed by atoms with Crippen molar-refractivity contribution in [3.05, 3.63) is 59.2 Å². The quantitative estimate of drug-likeness (QED) is 0.681. The first kappa shape index (κ1) is 20.2. The van der Waals surface area contributed by atoms with Crippen molar-refractivity contribution >= 4 is 0 Å². The summed E-state index contributed by atoms with van der Waals surface area (Å²) in [5.41, 5.74) is 3.72. The lowest BCUT2D eigenvalue weighted by Crippen LogP contribution is -2.77. The molecule has 5 aliphatic carbocycles. The summed E-state index contributed by atoms with van der Waals surface area (Å²) in [4.78, 5) is 2.83. The number of likely N-dealkylation sites (tertiary alicyclic amines) is 1. The number of ether oxygens (including phenoxy) is 1. The van der Waals surface area contributed by atoms with E-state index in [0.717, 1.165) is 49.5 Å². The van der Waals surface area contributed by atoms with Crippen molar-refractivity contribution in [1.29, 1.82) is 0 Å². The zero-order valence-corrected chi connectivity index (χ0v) is 20.0. The van der Waals surface area contributed by atoms with Crippen LogP contribution < -0.4 is 4.74 Å². The van der Waals surface area contributed by atoms with E-state index in [1.54, 1.807) is 0 Å². The number of piperidine rings is 1. The zero-order chi connectivity index (χ0) is 22.9. The van der Waals surface area contributed by atoms with E-state index in [1.807, 2.05) is 30.3 Å². The van der Waals surface area contributed by atoms with Crippen LogP contribution in [0.25, 0.3) is 0 Å². The second-order valence-corrected chi connectivity index (χ2v) is 12.7. The van der Waals surface area contributed by atoms with E-state index in [-0.39, 0.29) is 22.3 Å². The Bertz CT molecular complexity index is 1180.